The zero-order chi connectivity index (χ0) is 12.9. The van der Waals surface area contributed by atoms with E-state index in [0.717, 1.165) is 30.1 Å². The molecule has 0 unspecified atom stereocenters. The molecule has 0 amide bonds. The summed E-state index contributed by atoms with van der Waals surface area (Å²) in [7, 11) is 0. The van der Waals surface area contributed by atoms with Crippen molar-refractivity contribution in [3.63, 3.8) is 0 Å². The van der Waals surface area contributed by atoms with E-state index in [1.165, 1.54) is 0 Å². The van der Waals surface area contributed by atoms with Crippen LogP contribution >= 0.6 is 66.8 Å². The summed E-state index contributed by atoms with van der Waals surface area (Å²) >= 11 is 21.0. The Morgan fingerprint density at radius 2 is 1.28 bits per heavy atom. The second-order valence-electron chi connectivity index (χ2n) is 3.75. The van der Waals surface area contributed by atoms with Crippen molar-refractivity contribution in [2.45, 2.75) is 9.79 Å². The van der Waals surface area contributed by atoms with Crippen molar-refractivity contribution in [3.8, 4) is 0 Å². The highest BCUT2D eigenvalue weighted by molar-refractivity contribution is 9.10. The van der Waals surface area contributed by atoms with Gasteiger partial charge in [0.2, 0.25) is 0 Å². The average Bonchev–Trinajstić information content (AvgIpc) is 2.26. The van der Waals surface area contributed by atoms with Crippen LogP contribution in [0.2, 0.25) is 10.0 Å². The Kier molecular flexibility index (Phi) is 3.58. The number of hydrogen-bond acceptors (Lipinski definition) is 2. The van der Waals surface area contributed by atoms with Gasteiger partial charge in [-0.25, -0.2) is 0 Å². The van der Waals surface area contributed by atoms with E-state index in [4.69, 9.17) is 23.2 Å². The second kappa shape index (κ2) is 4.91. The van der Waals surface area contributed by atoms with Gasteiger partial charge in [-0.3, -0.25) is 0 Å². The number of fused-ring (bicyclic) bond motifs is 2. The minimum Gasteiger partial charge on any atom is -0.351 e. The molecule has 1 nitrogen and oxygen atoms in total. The van der Waals surface area contributed by atoms with Crippen molar-refractivity contribution in [1.82, 2.24) is 0 Å². The van der Waals surface area contributed by atoms with Crippen LogP contribution in [0, 0.1) is 0 Å². The lowest BCUT2D eigenvalue weighted by Gasteiger charge is -2.23. The number of halogens is 4. The lowest BCUT2D eigenvalue weighted by Crippen LogP contribution is -2.01. The summed E-state index contributed by atoms with van der Waals surface area (Å²) in [5.41, 5.74) is 1.81. The van der Waals surface area contributed by atoms with Gasteiger partial charge in [0, 0.05) is 18.7 Å². The fourth-order valence-corrected chi connectivity index (χ4v) is 5.01. The Bertz CT molecular complexity index is 606. The summed E-state index contributed by atoms with van der Waals surface area (Å²) in [4.78, 5) is 2.16. The number of anilines is 2. The lowest BCUT2D eigenvalue weighted by atomic mass is 10.2. The van der Waals surface area contributed by atoms with Crippen LogP contribution in [0.15, 0.2) is 43.0 Å². The minimum absolute atomic E-state index is 0.677. The number of benzene rings is 2. The van der Waals surface area contributed by atoms with E-state index in [-0.39, 0.29) is 0 Å². The number of rotatable bonds is 0. The second-order valence-corrected chi connectivity index (χ2v) is 7.48. The van der Waals surface area contributed by atoms with Crippen LogP contribution in [-0.2, 0) is 0 Å². The number of nitrogens with one attached hydrogen (secondary N) is 1. The van der Waals surface area contributed by atoms with Gasteiger partial charge in [-0.15, -0.1) is 0 Å². The standard InChI is InChI=1S/C12H5Br2Cl2NS/c13-5-1-7(15)11-9(3-5)18-10-4-6(14)2-8(16)12(10)17-11/h1-4,17H. The first-order valence-corrected chi connectivity index (χ1v) is 8.13. The normalized spacial score (nSPS) is 12.7. The van der Waals surface area contributed by atoms with E-state index in [9.17, 15) is 0 Å². The molecule has 0 saturated carbocycles. The first-order valence-electron chi connectivity index (χ1n) is 4.97. The molecule has 0 spiro atoms. The van der Waals surface area contributed by atoms with Crippen LogP contribution in [0.3, 0.4) is 0 Å². The highest BCUT2D eigenvalue weighted by atomic mass is 79.9. The van der Waals surface area contributed by atoms with Crippen molar-refractivity contribution in [1.29, 1.82) is 0 Å². The zero-order valence-electron chi connectivity index (χ0n) is 8.73. The predicted molar refractivity (Wildman–Crippen MR) is 85.7 cm³/mol. The first kappa shape index (κ1) is 13.1. The molecular formula is C12H5Br2Cl2NS. The van der Waals surface area contributed by atoms with Gasteiger partial charge in [-0.2, -0.15) is 0 Å². The Morgan fingerprint density at radius 1 is 0.833 bits per heavy atom. The zero-order valence-corrected chi connectivity index (χ0v) is 14.2. The Balaban J connectivity index is 2.18. The number of hydrogen-bond donors (Lipinski definition) is 1. The molecule has 0 saturated heterocycles. The third-order valence-electron chi connectivity index (χ3n) is 2.51. The summed E-state index contributed by atoms with van der Waals surface area (Å²) in [6, 6.07) is 7.81. The molecule has 3 rings (SSSR count). The van der Waals surface area contributed by atoms with E-state index >= 15 is 0 Å². The topological polar surface area (TPSA) is 12.0 Å². The van der Waals surface area contributed by atoms with Crippen LogP contribution in [-0.4, -0.2) is 0 Å². The summed E-state index contributed by atoms with van der Waals surface area (Å²) in [6.07, 6.45) is 0. The monoisotopic (exact) mass is 423 g/mol. The molecule has 0 aliphatic carbocycles. The molecule has 6 heteroatoms. The minimum atomic E-state index is 0.677. The highest BCUT2D eigenvalue weighted by Crippen LogP contribution is 2.50. The van der Waals surface area contributed by atoms with Crippen LogP contribution in [0.25, 0.3) is 0 Å². The maximum Gasteiger partial charge on any atom is 0.0716 e. The molecule has 0 radical (unpaired) electrons. The predicted octanol–water partition coefficient (Wildman–Crippen LogP) is 6.73. The van der Waals surface area contributed by atoms with Crippen LogP contribution in [0.4, 0.5) is 11.4 Å². The van der Waals surface area contributed by atoms with Crippen molar-refractivity contribution in [2.24, 2.45) is 0 Å². The van der Waals surface area contributed by atoms with Gasteiger partial charge in [0.15, 0.2) is 0 Å². The van der Waals surface area contributed by atoms with E-state index < -0.39 is 0 Å². The molecule has 1 N–H and O–H groups in total. The largest absolute Gasteiger partial charge is 0.351 e. The smallest absolute Gasteiger partial charge is 0.0716 e. The van der Waals surface area contributed by atoms with Gasteiger partial charge >= 0.3 is 0 Å². The third kappa shape index (κ3) is 2.29. The Morgan fingerprint density at radius 3 is 1.72 bits per heavy atom. The quantitative estimate of drug-likeness (QED) is 0.428. The summed E-state index contributed by atoms with van der Waals surface area (Å²) in [6.45, 7) is 0. The van der Waals surface area contributed by atoms with Crippen molar-refractivity contribution in [2.75, 3.05) is 5.32 Å². The van der Waals surface area contributed by atoms with Gasteiger partial charge in [0.25, 0.3) is 0 Å². The molecule has 1 aliphatic heterocycles. The molecule has 92 valence electrons. The van der Waals surface area contributed by atoms with Crippen molar-refractivity contribution in [3.05, 3.63) is 43.3 Å². The summed E-state index contributed by atoms with van der Waals surface area (Å²) in [5, 5.41) is 4.66. The van der Waals surface area contributed by atoms with Crippen LogP contribution in [0.5, 0.6) is 0 Å². The Labute approximate surface area is 135 Å². The molecule has 2 aromatic carbocycles. The Hall–Kier alpha value is 0.130. The summed E-state index contributed by atoms with van der Waals surface area (Å²) in [5.74, 6) is 0. The van der Waals surface area contributed by atoms with Crippen LogP contribution in [0.1, 0.15) is 0 Å². The molecule has 0 bridgehead atoms. The van der Waals surface area contributed by atoms with Crippen LogP contribution < -0.4 is 5.32 Å². The van der Waals surface area contributed by atoms with Gasteiger partial charge in [0.05, 0.1) is 21.4 Å². The first-order chi connectivity index (χ1) is 8.54. The molecular weight excluding hydrogens is 421 g/mol. The van der Waals surface area contributed by atoms with Gasteiger partial charge < -0.3 is 5.32 Å². The molecule has 0 aromatic heterocycles. The third-order valence-corrected chi connectivity index (χ3v) is 5.10. The van der Waals surface area contributed by atoms with Crippen molar-refractivity contribution >= 4 is 78.2 Å². The fourth-order valence-electron chi connectivity index (χ4n) is 1.75. The van der Waals surface area contributed by atoms with Gasteiger partial charge in [-0.1, -0.05) is 66.8 Å². The molecule has 18 heavy (non-hydrogen) atoms. The molecule has 1 heterocycles. The van der Waals surface area contributed by atoms with E-state index in [2.05, 4.69) is 37.2 Å². The van der Waals surface area contributed by atoms with E-state index in [0.29, 0.717) is 10.0 Å². The SMILES string of the molecule is Clc1cc(Br)cc2c1Nc1c(Cl)cc(Br)cc1S2. The molecule has 0 atom stereocenters. The highest BCUT2D eigenvalue weighted by Gasteiger charge is 2.21. The maximum absolute atomic E-state index is 6.24. The average molecular weight is 426 g/mol. The molecule has 0 fully saturated rings. The summed E-state index contributed by atoms with van der Waals surface area (Å²) < 4.78 is 1.93. The van der Waals surface area contributed by atoms with Crippen molar-refractivity contribution < 1.29 is 0 Å². The van der Waals surface area contributed by atoms with E-state index in [1.54, 1.807) is 11.8 Å². The molecule has 1 aliphatic rings. The van der Waals surface area contributed by atoms with Gasteiger partial charge in [-0.05, 0) is 24.3 Å². The molecule has 2 aromatic rings. The maximum atomic E-state index is 6.24. The van der Waals surface area contributed by atoms with E-state index in [1.807, 2.05) is 24.3 Å². The fraction of sp³-hybridized carbons (Fsp3) is 0. The lowest BCUT2D eigenvalue weighted by molar-refractivity contribution is 1.30. The van der Waals surface area contributed by atoms with Gasteiger partial charge in [0.1, 0.15) is 0 Å².